The van der Waals surface area contributed by atoms with Crippen LogP contribution in [0.1, 0.15) is 57.7 Å². The predicted molar refractivity (Wildman–Crippen MR) is 122 cm³/mol. The second-order valence-corrected chi connectivity index (χ2v) is 8.20. The standard InChI is InChI=1S/C24H28N4O5/c1-4-32-24(31)20-14(2)21(25-15(20)3)23(30)28(12-16-8-7-11-33-16)13-19-26-18-10-6-5-9-17(18)22(29)27-19/h5-6,9-10,16,25H,4,7-8,11-13H2,1-3H3,(H,26,27,29)/t16-/m0/s1. The van der Waals surface area contributed by atoms with Crippen molar-refractivity contribution < 1.29 is 19.1 Å². The molecule has 1 aliphatic heterocycles. The van der Waals surface area contributed by atoms with Gasteiger partial charge in [-0.05, 0) is 51.3 Å². The van der Waals surface area contributed by atoms with E-state index in [9.17, 15) is 14.4 Å². The number of carbonyl (C=O) groups is 2. The third-order valence-corrected chi connectivity index (χ3v) is 5.87. The third-order valence-electron chi connectivity index (χ3n) is 5.87. The summed E-state index contributed by atoms with van der Waals surface area (Å²) in [6, 6.07) is 7.08. The first kappa shape index (κ1) is 22.7. The van der Waals surface area contributed by atoms with Gasteiger partial charge in [0.05, 0.1) is 35.7 Å². The molecule has 9 nitrogen and oxygen atoms in total. The van der Waals surface area contributed by atoms with Gasteiger partial charge in [0.15, 0.2) is 0 Å². The normalized spacial score (nSPS) is 15.7. The Kier molecular flexibility index (Phi) is 6.60. The van der Waals surface area contributed by atoms with Crippen LogP contribution in [0.2, 0.25) is 0 Å². The van der Waals surface area contributed by atoms with Crippen molar-refractivity contribution in [1.82, 2.24) is 19.9 Å². The molecule has 3 heterocycles. The van der Waals surface area contributed by atoms with Crippen LogP contribution >= 0.6 is 0 Å². The summed E-state index contributed by atoms with van der Waals surface area (Å²) in [5.41, 5.74) is 2.11. The number of hydrogen-bond acceptors (Lipinski definition) is 6. The smallest absolute Gasteiger partial charge is 0.340 e. The first-order valence-electron chi connectivity index (χ1n) is 11.1. The van der Waals surface area contributed by atoms with Crippen LogP contribution in [0.15, 0.2) is 29.1 Å². The summed E-state index contributed by atoms with van der Waals surface area (Å²) < 4.78 is 10.9. The largest absolute Gasteiger partial charge is 0.462 e. The van der Waals surface area contributed by atoms with Crippen molar-refractivity contribution in [2.75, 3.05) is 19.8 Å². The monoisotopic (exact) mass is 452 g/mol. The number of H-pyrrole nitrogens is 2. The van der Waals surface area contributed by atoms with Crippen LogP contribution in [0.4, 0.5) is 0 Å². The number of nitrogens with zero attached hydrogens (tertiary/aromatic N) is 2. The molecule has 1 aliphatic rings. The highest BCUT2D eigenvalue weighted by molar-refractivity contribution is 6.00. The number of aromatic nitrogens is 3. The van der Waals surface area contributed by atoms with Gasteiger partial charge in [0.25, 0.3) is 11.5 Å². The summed E-state index contributed by atoms with van der Waals surface area (Å²) in [4.78, 5) is 50.5. The molecule has 1 amide bonds. The quantitative estimate of drug-likeness (QED) is 0.533. The zero-order chi connectivity index (χ0) is 23.5. The van der Waals surface area contributed by atoms with E-state index in [2.05, 4.69) is 15.0 Å². The van der Waals surface area contributed by atoms with Gasteiger partial charge in [-0.3, -0.25) is 9.59 Å². The number of ether oxygens (including phenoxy) is 2. The number of carbonyl (C=O) groups excluding carboxylic acids is 2. The molecular formula is C24H28N4O5. The van der Waals surface area contributed by atoms with Crippen molar-refractivity contribution in [3.63, 3.8) is 0 Å². The van der Waals surface area contributed by atoms with E-state index in [1.165, 1.54) is 0 Å². The maximum absolute atomic E-state index is 13.6. The second-order valence-electron chi connectivity index (χ2n) is 8.20. The summed E-state index contributed by atoms with van der Waals surface area (Å²) in [5, 5.41) is 0.494. The van der Waals surface area contributed by atoms with Gasteiger partial charge < -0.3 is 24.3 Å². The number of esters is 1. The molecule has 1 aromatic carbocycles. The Hall–Kier alpha value is -3.46. The van der Waals surface area contributed by atoms with Crippen LogP contribution in [0, 0.1) is 13.8 Å². The minimum absolute atomic E-state index is 0.0954. The molecule has 2 aromatic heterocycles. The van der Waals surface area contributed by atoms with Crippen LogP contribution < -0.4 is 5.56 Å². The number of rotatable bonds is 7. The lowest BCUT2D eigenvalue weighted by molar-refractivity contribution is 0.0496. The van der Waals surface area contributed by atoms with E-state index < -0.39 is 5.97 Å². The number of aryl methyl sites for hydroxylation is 1. The minimum Gasteiger partial charge on any atom is -0.462 e. The highest BCUT2D eigenvalue weighted by Crippen LogP contribution is 2.23. The van der Waals surface area contributed by atoms with Gasteiger partial charge in [0, 0.05) is 18.8 Å². The molecule has 0 radical (unpaired) electrons. The SMILES string of the molecule is CCOC(=O)c1c(C)[nH]c(C(=O)N(Cc2nc3ccccc3c(=O)[nH]2)C[C@@H]2CCCO2)c1C. The molecule has 0 saturated carbocycles. The van der Waals surface area contributed by atoms with E-state index in [-0.39, 0.29) is 30.7 Å². The number of nitrogens with one attached hydrogen (secondary N) is 2. The fourth-order valence-corrected chi connectivity index (χ4v) is 4.28. The van der Waals surface area contributed by atoms with Crippen LogP contribution in [-0.2, 0) is 16.0 Å². The lowest BCUT2D eigenvalue weighted by atomic mass is 10.1. The minimum atomic E-state index is -0.464. The number of fused-ring (bicyclic) bond motifs is 1. The van der Waals surface area contributed by atoms with Crippen LogP contribution in [0.5, 0.6) is 0 Å². The highest BCUT2D eigenvalue weighted by atomic mass is 16.5. The Morgan fingerprint density at radius 2 is 2.03 bits per heavy atom. The zero-order valence-electron chi connectivity index (χ0n) is 19.1. The van der Waals surface area contributed by atoms with Gasteiger partial charge in [-0.2, -0.15) is 0 Å². The predicted octanol–water partition coefficient (Wildman–Crippen LogP) is 2.87. The van der Waals surface area contributed by atoms with Crippen molar-refractivity contribution in [2.45, 2.75) is 46.3 Å². The summed E-state index contributed by atoms with van der Waals surface area (Å²) in [5.74, 6) is -0.372. The average Bonchev–Trinajstić information content (AvgIpc) is 3.40. The van der Waals surface area contributed by atoms with E-state index in [4.69, 9.17) is 9.47 Å². The van der Waals surface area contributed by atoms with Crippen molar-refractivity contribution in [3.05, 3.63) is 63.0 Å². The topological polar surface area (TPSA) is 117 Å². The number of amides is 1. The molecule has 1 fully saturated rings. The average molecular weight is 453 g/mol. The summed E-state index contributed by atoms with van der Waals surface area (Å²) in [6.45, 7) is 6.56. The van der Waals surface area contributed by atoms with Gasteiger partial charge in [-0.25, -0.2) is 9.78 Å². The van der Waals surface area contributed by atoms with E-state index in [1.54, 1.807) is 43.9 Å². The maximum atomic E-state index is 13.6. The van der Waals surface area contributed by atoms with Gasteiger partial charge in [-0.15, -0.1) is 0 Å². The molecule has 0 bridgehead atoms. The van der Waals surface area contributed by atoms with Gasteiger partial charge in [0.2, 0.25) is 0 Å². The Morgan fingerprint density at radius 1 is 1.24 bits per heavy atom. The van der Waals surface area contributed by atoms with Crippen molar-refractivity contribution in [1.29, 1.82) is 0 Å². The lowest BCUT2D eigenvalue weighted by Crippen LogP contribution is -2.38. The zero-order valence-corrected chi connectivity index (χ0v) is 19.1. The summed E-state index contributed by atoms with van der Waals surface area (Å²) in [7, 11) is 0. The number of para-hydroxylation sites is 1. The summed E-state index contributed by atoms with van der Waals surface area (Å²) in [6.07, 6.45) is 1.69. The molecule has 0 unspecified atom stereocenters. The molecule has 0 aliphatic carbocycles. The first-order valence-corrected chi connectivity index (χ1v) is 11.1. The molecule has 2 N–H and O–H groups in total. The molecule has 0 spiro atoms. The molecular weight excluding hydrogens is 424 g/mol. The Labute approximate surface area is 191 Å². The van der Waals surface area contributed by atoms with Crippen LogP contribution in [-0.4, -0.2) is 57.6 Å². The molecule has 9 heteroatoms. The Morgan fingerprint density at radius 3 is 2.76 bits per heavy atom. The van der Waals surface area contributed by atoms with E-state index in [0.717, 1.165) is 12.8 Å². The lowest BCUT2D eigenvalue weighted by Gasteiger charge is -2.25. The number of aromatic amines is 2. The fraction of sp³-hybridized carbons (Fsp3) is 0.417. The molecule has 174 valence electrons. The van der Waals surface area contributed by atoms with Crippen molar-refractivity contribution in [3.8, 4) is 0 Å². The van der Waals surface area contributed by atoms with E-state index in [0.29, 0.717) is 52.4 Å². The summed E-state index contributed by atoms with van der Waals surface area (Å²) >= 11 is 0. The Bertz CT molecular complexity index is 1240. The van der Waals surface area contributed by atoms with Gasteiger partial charge >= 0.3 is 5.97 Å². The Balaban J connectivity index is 1.68. The third kappa shape index (κ3) is 4.68. The highest BCUT2D eigenvalue weighted by Gasteiger charge is 2.29. The van der Waals surface area contributed by atoms with E-state index >= 15 is 0 Å². The first-order chi connectivity index (χ1) is 15.9. The fourth-order valence-electron chi connectivity index (χ4n) is 4.28. The van der Waals surface area contributed by atoms with Crippen LogP contribution in [0.25, 0.3) is 10.9 Å². The number of benzene rings is 1. The van der Waals surface area contributed by atoms with Gasteiger partial charge in [-0.1, -0.05) is 12.1 Å². The molecule has 1 saturated heterocycles. The molecule has 4 rings (SSSR count). The van der Waals surface area contributed by atoms with Gasteiger partial charge in [0.1, 0.15) is 11.5 Å². The second kappa shape index (κ2) is 9.58. The van der Waals surface area contributed by atoms with Crippen molar-refractivity contribution >= 4 is 22.8 Å². The number of hydrogen-bond donors (Lipinski definition) is 2. The van der Waals surface area contributed by atoms with Crippen molar-refractivity contribution in [2.24, 2.45) is 0 Å². The molecule has 33 heavy (non-hydrogen) atoms. The maximum Gasteiger partial charge on any atom is 0.340 e. The molecule has 1 atom stereocenters. The van der Waals surface area contributed by atoms with Crippen LogP contribution in [0.3, 0.4) is 0 Å². The van der Waals surface area contributed by atoms with E-state index in [1.807, 2.05) is 6.07 Å². The molecule has 3 aromatic rings.